The predicted octanol–water partition coefficient (Wildman–Crippen LogP) is 2.75. The smallest absolute Gasteiger partial charge is 0.261 e. The summed E-state index contributed by atoms with van der Waals surface area (Å²) in [6.07, 6.45) is 0.470. The molecule has 100 valence electrons. The van der Waals surface area contributed by atoms with Crippen molar-refractivity contribution in [3.8, 4) is 0 Å². The summed E-state index contributed by atoms with van der Waals surface area (Å²) in [6.45, 7) is 2.27. The van der Waals surface area contributed by atoms with Gasteiger partial charge in [-0.15, -0.1) is 11.3 Å². The van der Waals surface area contributed by atoms with Gasteiger partial charge in [-0.1, -0.05) is 18.2 Å². The second-order valence-electron chi connectivity index (χ2n) is 4.22. The van der Waals surface area contributed by atoms with Crippen LogP contribution >= 0.6 is 11.3 Å². The van der Waals surface area contributed by atoms with E-state index in [0.29, 0.717) is 29.1 Å². The van der Waals surface area contributed by atoms with Gasteiger partial charge in [-0.2, -0.15) is 0 Å². The van der Waals surface area contributed by atoms with Crippen LogP contribution in [0.15, 0.2) is 30.3 Å². The van der Waals surface area contributed by atoms with Crippen LogP contribution in [0.3, 0.4) is 0 Å². The Balaban J connectivity index is 1.89. The van der Waals surface area contributed by atoms with E-state index in [-0.39, 0.29) is 11.7 Å². The molecular formula is C14H15FN2OS. The van der Waals surface area contributed by atoms with Crippen molar-refractivity contribution < 1.29 is 9.18 Å². The molecule has 3 nitrogen and oxygen atoms in total. The fraction of sp³-hybridized carbons (Fsp3) is 0.214. The maximum Gasteiger partial charge on any atom is 0.261 e. The minimum Gasteiger partial charge on any atom is -0.398 e. The number of nitrogens with two attached hydrogens (primary N) is 1. The van der Waals surface area contributed by atoms with Gasteiger partial charge >= 0.3 is 0 Å². The topological polar surface area (TPSA) is 55.1 Å². The summed E-state index contributed by atoms with van der Waals surface area (Å²) in [7, 11) is 0. The van der Waals surface area contributed by atoms with Gasteiger partial charge in [0, 0.05) is 17.1 Å². The van der Waals surface area contributed by atoms with Gasteiger partial charge in [0.1, 0.15) is 5.82 Å². The van der Waals surface area contributed by atoms with Gasteiger partial charge in [0.25, 0.3) is 5.91 Å². The van der Waals surface area contributed by atoms with Crippen molar-refractivity contribution in [2.75, 3.05) is 12.3 Å². The van der Waals surface area contributed by atoms with Gasteiger partial charge < -0.3 is 11.1 Å². The van der Waals surface area contributed by atoms with Crippen LogP contribution in [0.5, 0.6) is 0 Å². The highest BCUT2D eigenvalue weighted by Gasteiger charge is 2.10. The number of amides is 1. The zero-order valence-corrected chi connectivity index (χ0v) is 11.4. The van der Waals surface area contributed by atoms with Crippen LogP contribution in [0.2, 0.25) is 0 Å². The zero-order chi connectivity index (χ0) is 13.8. The molecule has 1 amide bonds. The lowest BCUT2D eigenvalue weighted by Gasteiger charge is -2.04. The molecule has 0 unspecified atom stereocenters. The Hall–Kier alpha value is -1.88. The van der Waals surface area contributed by atoms with Crippen LogP contribution in [0.25, 0.3) is 0 Å². The molecular weight excluding hydrogens is 263 g/mol. The minimum atomic E-state index is -0.243. The molecule has 0 bridgehead atoms. The number of carbonyl (C=O) groups is 1. The Morgan fingerprint density at radius 3 is 2.79 bits per heavy atom. The summed E-state index contributed by atoms with van der Waals surface area (Å²) in [6, 6.07) is 8.23. The fourth-order valence-corrected chi connectivity index (χ4v) is 2.56. The molecule has 2 rings (SSSR count). The van der Waals surface area contributed by atoms with Crippen molar-refractivity contribution in [1.82, 2.24) is 5.32 Å². The zero-order valence-electron chi connectivity index (χ0n) is 10.6. The number of hydrogen-bond acceptors (Lipinski definition) is 3. The number of carbonyl (C=O) groups excluding carboxylic acids is 1. The highest BCUT2D eigenvalue weighted by atomic mass is 32.1. The van der Waals surface area contributed by atoms with E-state index in [4.69, 9.17) is 5.73 Å². The standard InChI is InChI=1S/C14H15FN2OS/c1-9-12(16)8-13(19-9)14(18)17-7-6-10-4-2-3-5-11(10)15/h2-5,8H,6-7,16H2,1H3,(H,17,18). The maximum absolute atomic E-state index is 13.4. The van der Waals surface area contributed by atoms with Crippen LogP contribution < -0.4 is 11.1 Å². The molecule has 0 saturated heterocycles. The SMILES string of the molecule is Cc1sc(C(=O)NCCc2ccccc2F)cc1N. The predicted molar refractivity (Wildman–Crippen MR) is 75.9 cm³/mol. The van der Waals surface area contributed by atoms with E-state index >= 15 is 0 Å². The molecule has 0 fully saturated rings. The summed E-state index contributed by atoms with van der Waals surface area (Å²) in [5.41, 5.74) is 6.93. The van der Waals surface area contributed by atoms with E-state index in [9.17, 15) is 9.18 Å². The first-order chi connectivity index (χ1) is 9.08. The van der Waals surface area contributed by atoms with Gasteiger partial charge in [-0.3, -0.25) is 4.79 Å². The van der Waals surface area contributed by atoms with Crippen molar-refractivity contribution in [3.63, 3.8) is 0 Å². The average molecular weight is 278 g/mol. The van der Waals surface area contributed by atoms with Crippen LogP contribution in [0.1, 0.15) is 20.1 Å². The lowest BCUT2D eigenvalue weighted by Crippen LogP contribution is -2.25. The molecule has 2 aromatic rings. The normalized spacial score (nSPS) is 10.4. The Labute approximate surface area is 115 Å². The molecule has 1 aromatic carbocycles. The van der Waals surface area contributed by atoms with Gasteiger partial charge in [0.05, 0.1) is 4.88 Å². The molecule has 0 aliphatic rings. The summed E-state index contributed by atoms with van der Waals surface area (Å²) >= 11 is 1.36. The van der Waals surface area contributed by atoms with Crippen LogP contribution in [-0.4, -0.2) is 12.5 Å². The summed E-state index contributed by atoms with van der Waals surface area (Å²) in [5, 5.41) is 2.76. The Morgan fingerprint density at radius 1 is 1.42 bits per heavy atom. The van der Waals surface area contributed by atoms with Crippen LogP contribution in [0, 0.1) is 12.7 Å². The Bertz CT molecular complexity index is 575. The molecule has 0 spiro atoms. The first-order valence-corrected chi connectivity index (χ1v) is 6.77. The number of nitrogens with one attached hydrogen (secondary N) is 1. The molecule has 0 radical (unpaired) electrons. The molecule has 19 heavy (non-hydrogen) atoms. The van der Waals surface area contributed by atoms with E-state index in [0.717, 1.165) is 4.88 Å². The van der Waals surface area contributed by atoms with Crippen LogP contribution in [0.4, 0.5) is 10.1 Å². The molecule has 1 aromatic heterocycles. The largest absolute Gasteiger partial charge is 0.398 e. The number of anilines is 1. The molecule has 0 atom stereocenters. The maximum atomic E-state index is 13.4. The first kappa shape index (κ1) is 13.5. The third kappa shape index (κ3) is 3.32. The molecule has 1 heterocycles. The van der Waals surface area contributed by atoms with E-state index in [1.807, 2.05) is 6.92 Å². The minimum absolute atomic E-state index is 0.166. The first-order valence-electron chi connectivity index (χ1n) is 5.95. The van der Waals surface area contributed by atoms with E-state index in [1.165, 1.54) is 17.4 Å². The van der Waals surface area contributed by atoms with Crippen molar-refractivity contribution >= 4 is 22.9 Å². The van der Waals surface area contributed by atoms with Crippen molar-refractivity contribution in [3.05, 3.63) is 51.5 Å². The third-order valence-electron chi connectivity index (χ3n) is 2.82. The Morgan fingerprint density at radius 2 is 2.16 bits per heavy atom. The van der Waals surface area contributed by atoms with Crippen molar-refractivity contribution in [2.45, 2.75) is 13.3 Å². The highest BCUT2D eigenvalue weighted by molar-refractivity contribution is 7.14. The van der Waals surface area contributed by atoms with Gasteiger partial charge in [0.2, 0.25) is 0 Å². The van der Waals surface area contributed by atoms with E-state index in [1.54, 1.807) is 24.3 Å². The number of halogens is 1. The average Bonchev–Trinajstić information content (AvgIpc) is 2.72. The molecule has 0 saturated carbocycles. The number of thiophene rings is 1. The third-order valence-corrected chi connectivity index (χ3v) is 3.88. The summed E-state index contributed by atoms with van der Waals surface area (Å²) in [4.78, 5) is 13.4. The Kier molecular flexibility index (Phi) is 4.16. The monoisotopic (exact) mass is 278 g/mol. The van der Waals surface area contributed by atoms with Crippen molar-refractivity contribution in [1.29, 1.82) is 0 Å². The highest BCUT2D eigenvalue weighted by Crippen LogP contribution is 2.23. The van der Waals surface area contributed by atoms with Gasteiger partial charge in [-0.25, -0.2) is 4.39 Å². The second kappa shape index (κ2) is 5.84. The van der Waals surface area contributed by atoms with Crippen molar-refractivity contribution in [2.24, 2.45) is 0 Å². The quantitative estimate of drug-likeness (QED) is 0.903. The second-order valence-corrected chi connectivity index (χ2v) is 5.48. The molecule has 0 aliphatic heterocycles. The number of rotatable bonds is 4. The van der Waals surface area contributed by atoms with Gasteiger partial charge in [0.15, 0.2) is 0 Å². The van der Waals surface area contributed by atoms with Gasteiger partial charge in [-0.05, 0) is 31.0 Å². The number of nitrogen functional groups attached to an aromatic ring is 1. The summed E-state index contributed by atoms with van der Waals surface area (Å²) < 4.78 is 13.4. The number of benzene rings is 1. The van der Waals surface area contributed by atoms with E-state index in [2.05, 4.69) is 5.32 Å². The van der Waals surface area contributed by atoms with Crippen LogP contribution in [-0.2, 0) is 6.42 Å². The fourth-order valence-electron chi connectivity index (χ4n) is 1.71. The summed E-state index contributed by atoms with van der Waals surface area (Å²) in [5.74, 6) is -0.408. The molecule has 5 heteroatoms. The molecule has 0 aliphatic carbocycles. The number of aryl methyl sites for hydroxylation is 1. The van der Waals surface area contributed by atoms with E-state index < -0.39 is 0 Å². The number of hydrogen-bond donors (Lipinski definition) is 2. The lowest BCUT2D eigenvalue weighted by atomic mass is 10.1. The lowest BCUT2D eigenvalue weighted by molar-refractivity contribution is 0.0958. The molecule has 3 N–H and O–H groups in total.